The highest BCUT2D eigenvalue weighted by atomic mass is 15.1. The Morgan fingerprint density at radius 3 is 2.02 bits per heavy atom. The standard InChI is InChI=1S/C38H28N4/c1-27-14-23-37-34(25-27)33-11-5-6-12-36(33)42(37)32-21-19-31(20-22-32)41(29-9-3-2-4-10-29)30-17-15-28(16-18-30)35-26-40-24-8-7-13-38(40)39-35/h2-26H,1H3. The van der Waals surface area contributed by atoms with Gasteiger partial charge in [0.05, 0.1) is 16.7 Å². The normalized spacial score (nSPS) is 11.5. The molecule has 0 radical (unpaired) electrons. The van der Waals surface area contributed by atoms with Gasteiger partial charge in [0.2, 0.25) is 0 Å². The van der Waals surface area contributed by atoms with Gasteiger partial charge in [-0.15, -0.1) is 0 Å². The molecule has 0 aliphatic carbocycles. The number of rotatable bonds is 5. The summed E-state index contributed by atoms with van der Waals surface area (Å²) in [5.74, 6) is 0. The van der Waals surface area contributed by atoms with Crippen molar-refractivity contribution < 1.29 is 0 Å². The molecular weight excluding hydrogens is 512 g/mol. The van der Waals surface area contributed by atoms with Crippen molar-refractivity contribution in [3.8, 4) is 16.9 Å². The second-order valence-corrected chi connectivity index (χ2v) is 10.7. The smallest absolute Gasteiger partial charge is 0.137 e. The summed E-state index contributed by atoms with van der Waals surface area (Å²) in [5.41, 5.74) is 11.1. The minimum Gasteiger partial charge on any atom is -0.311 e. The third-order valence-corrected chi connectivity index (χ3v) is 7.99. The van der Waals surface area contributed by atoms with Gasteiger partial charge < -0.3 is 13.9 Å². The predicted octanol–water partition coefficient (Wildman–Crippen LogP) is 9.88. The zero-order chi connectivity index (χ0) is 28.0. The summed E-state index contributed by atoms with van der Waals surface area (Å²) in [6, 6.07) is 49.5. The van der Waals surface area contributed by atoms with Crippen LogP contribution in [0.2, 0.25) is 0 Å². The topological polar surface area (TPSA) is 25.5 Å². The van der Waals surface area contributed by atoms with Gasteiger partial charge in [-0.25, -0.2) is 4.98 Å². The summed E-state index contributed by atoms with van der Waals surface area (Å²) in [6.45, 7) is 2.16. The summed E-state index contributed by atoms with van der Waals surface area (Å²) in [5, 5.41) is 2.56. The van der Waals surface area contributed by atoms with E-state index in [9.17, 15) is 0 Å². The molecule has 42 heavy (non-hydrogen) atoms. The van der Waals surface area contributed by atoms with E-state index in [0.29, 0.717) is 0 Å². The fourth-order valence-electron chi connectivity index (χ4n) is 5.99. The average molecular weight is 541 g/mol. The summed E-state index contributed by atoms with van der Waals surface area (Å²) < 4.78 is 4.42. The van der Waals surface area contributed by atoms with E-state index in [4.69, 9.17) is 4.98 Å². The number of aromatic nitrogens is 3. The van der Waals surface area contributed by atoms with E-state index < -0.39 is 0 Å². The molecule has 0 fully saturated rings. The highest BCUT2D eigenvalue weighted by Gasteiger charge is 2.15. The Morgan fingerprint density at radius 1 is 0.571 bits per heavy atom. The number of hydrogen-bond acceptors (Lipinski definition) is 2. The first-order valence-corrected chi connectivity index (χ1v) is 14.2. The molecule has 8 aromatic rings. The summed E-state index contributed by atoms with van der Waals surface area (Å²) in [6.07, 6.45) is 4.11. The van der Waals surface area contributed by atoms with Crippen LogP contribution in [0.1, 0.15) is 5.56 Å². The number of aryl methyl sites for hydroxylation is 1. The first-order valence-electron chi connectivity index (χ1n) is 14.2. The molecule has 3 heterocycles. The fraction of sp³-hybridized carbons (Fsp3) is 0.0263. The monoisotopic (exact) mass is 540 g/mol. The molecule has 200 valence electrons. The zero-order valence-corrected chi connectivity index (χ0v) is 23.2. The molecule has 8 rings (SSSR count). The minimum atomic E-state index is 0.945. The third-order valence-electron chi connectivity index (χ3n) is 7.99. The second kappa shape index (κ2) is 9.79. The molecule has 0 N–H and O–H groups in total. The van der Waals surface area contributed by atoms with Crippen LogP contribution >= 0.6 is 0 Å². The lowest BCUT2D eigenvalue weighted by Gasteiger charge is -2.26. The SMILES string of the molecule is Cc1ccc2c(c1)c1ccccc1n2-c1ccc(N(c2ccccc2)c2ccc(-c3cn4ccccc4n3)cc2)cc1. The molecule has 3 aromatic heterocycles. The van der Waals surface area contributed by atoms with Gasteiger partial charge in [0.25, 0.3) is 0 Å². The summed E-state index contributed by atoms with van der Waals surface area (Å²) in [7, 11) is 0. The van der Waals surface area contributed by atoms with E-state index >= 15 is 0 Å². The van der Waals surface area contributed by atoms with Crippen molar-refractivity contribution in [1.82, 2.24) is 14.0 Å². The van der Waals surface area contributed by atoms with Gasteiger partial charge in [0.1, 0.15) is 5.65 Å². The molecule has 0 saturated heterocycles. The van der Waals surface area contributed by atoms with Gasteiger partial charge >= 0.3 is 0 Å². The lowest BCUT2D eigenvalue weighted by molar-refractivity contribution is 1.17. The quantitative estimate of drug-likeness (QED) is 0.217. The van der Waals surface area contributed by atoms with Crippen LogP contribution < -0.4 is 4.90 Å². The predicted molar refractivity (Wildman–Crippen MR) is 174 cm³/mol. The Kier molecular flexibility index (Phi) is 5.64. The second-order valence-electron chi connectivity index (χ2n) is 10.7. The van der Waals surface area contributed by atoms with Crippen molar-refractivity contribution in [3.63, 3.8) is 0 Å². The molecule has 0 unspecified atom stereocenters. The van der Waals surface area contributed by atoms with Crippen LogP contribution in [0.3, 0.4) is 0 Å². The van der Waals surface area contributed by atoms with Gasteiger partial charge in [0.15, 0.2) is 0 Å². The van der Waals surface area contributed by atoms with Crippen LogP contribution in [0, 0.1) is 6.92 Å². The molecule has 4 heteroatoms. The largest absolute Gasteiger partial charge is 0.311 e. The Labute approximate surface area is 244 Å². The van der Waals surface area contributed by atoms with Crippen molar-refractivity contribution in [2.75, 3.05) is 4.90 Å². The number of fused-ring (bicyclic) bond motifs is 4. The molecular formula is C38H28N4. The minimum absolute atomic E-state index is 0.945. The third kappa shape index (κ3) is 4.04. The van der Waals surface area contributed by atoms with E-state index in [-0.39, 0.29) is 0 Å². The highest BCUT2D eigenvalue weighted by molar-refractivity contribution is 6.09. The number of imidazole rings is 1. The van der Waals surface area contributed by atoms with Gasteiger partial charge in [-0.2, -0.15) is 0 Å². The number of benzene rings is 5. The molecule has 0 spiro atoms. The fourth-order valence-corrected chi connectivity index (χ4v) is 5.99. The van der Waals surface area contributed by atoms with E-state index in [2.05, 4.69) is 148 Å². The number of nitrogens with zero attached hydrogens (tertiary/aromatic N) is 4. The maximum absolute atomic E-state index is 4.80. The Bertz CT molecular complexity index is 2150. The van der Waals surface area contributed by atoms with Crippen molar-refractivity contribution in [2.24, 2.45) is 0 Å². The number of pyridine rings is 1. The van der Waals surface area contributed by atoms with Gasteiger partial charge in [-0.05, 0) is 85.8 Å². The molecule has 0 atom stereocenters. The van der Waals surface area contributed by atoms with Crippen molar-refractivity contribution in [2.45, 2.75) is 6.92 Å². The molecule has 0 saturated carbocycles. The van der Waals surface area contributed by atoms with Crippen LogP contribution in [-0.4, -0.2) is 14.0 Å². The lowest BCUT2D eigenvalue weighted by atomic mass is 10.1. The van der Waals surface area contributed by atoms with Gasteiger partial charge in [-0.1, -0.05) is 66.2 Å². The molecule has 0 aliphatic heterocycles. The Morgan fingerprint density at radius 2 is 1.24 bits per heavy atom. The van der Waals surface area contributed by atoms with Crippen LogP contribution in [0.25, 0.3) is 44.4 Å². The molecule has 4 nitrogen and oxygen atoms in total. The maximum Gasteiger partial charge on any atom is 0.137 e. The average Bonchev–Trinajstić information content (AvgIpc) is 3.62. The molecule has 0 bridgehead atoms. The first-order chi connectivity index (χ1) is 20.7. The Hall–Kier alpha value is -5.61. The van der Waals surface area contributed by atoms with Crippen LogP contribution in [0.5, 0.6) is 0 Å². The van der Waals surface area contributed by atoms with Crippen molar-refractivity contribution in [3.05, 3.63) is 157 Å². The van der Waals surface area contributed by atoms with Gasteiger partial charge in [-0.3, -0.25) is 0 Å². The number of anilines is 3. The van der Waals surface area contributed by atoms with Crippen LogP contribution in [0.4, 0.5) is 17.1 Å². The number of para-hydroxylation sites is 2. The zero-order valence-electron chi connectivity index (χ0n) is 23.2. The van der Waals surface area contributed by atoms with Crippen LogP contribution in [0.15, 0.2) is 152 Å². The number of hydrogen-bond donors (Lipinski definition) is 0. The first kappa shape index (κ1) is 24.2. The van der Waals surface area contributed by atoms with Crippen molar-refractivity contribution in [1.29, 1.82) is 0 Å². The van der Waals surface area contributed by atoms with Gasteiger partial charge in [0, 0.05) is 51.5 Å². The summed E-state index contributed by atoms with van der Waals surface area (Å²) >= 11 is 0. The van der Waals surface area contributed by atoms with E-state index in [1.54, 1.807) is 0 Å². The van der Waals surface area contributed by atoms with E-state index in [1.165, 1.54) is 27.4 Å². The molecule has 0 aliphatic rings. The van der Waals surface area contributed by atoms with E-state index in [0.717, 1.165) is 39.7 Å². The highest BCUT2D eigenvalue weighted by Crippen LogP contribution is 2.37. The maximum atomic E-state index is 4.80. The van der Waals surface area contributed by atoms with Crippen molar-refractivity contribution >= 4 is 44.5 Å². The Balaban J connectivity index is 1.20. The summed E-state index contributed by atoms with van der Waals surface area (Å²) in [4.78, 5) is 7.10. The molecule has 0 amide bonds. The lowest BCUT2D eigenvalue weighted by Crippen LogP contribution is -2.10. The molecule has 5 aromatic carbocycles. The van der Waals surface area contributed by atoms with E-state index in [1.807, 2.05) is 24.4 Å². The van der Waals surface area contributed by atoms with Crippen LogP contribution in [-0.2, 0) is 0 Å².